The molecule has 3 aromatic carbocycles. The van der Waals surface area contributed by atoms with Crippen molar-refractivity contribution in [3.05, 3.63) is 98.1 Å². The molecule has 0 aliphatic heterocycles. The summed E-state index contributed by atoms with van der Waals surface area (Å²) >= 11 is 6.92. The summed E-state index contributed by atoms with van der Waals surface area (Å²) in [6.45, 7) is 2.57. The topological polar surface area (TPSA) is 39.4 Å². The number of furan rings is 1. The van der Waals surface area contributed by atoms with Gasteiger partial charge in [0, 0.05) is 38.8 Å². The second kappa shape index (κ2) is 9.19. The summed E-state index contributed by atoms with van der Waals surface area (Å²) in [6, 6.07) is 21.5. The third kappa shape index (κ3) is 4.52. The number of aryl methyl sites for hydroxylation is 1. The molecular formula is C25H20Br2O3. The summed E-state index contributed by atoms with van der Waals surface area (Å²) < 4.78 is 13.6. The lowest BCUT2D eigenvalue weighted by molar-refractivity contribution is 0.103. The molecule has 0 amide bonds. The van der Waals surface area contributed by atoms with Crippen LogP contribution in [0.4, 0.5) is 0 Å². The summed E-state index contributed by atoms with van der Waals surface area (Å²) in [4.78, 5) is 13.3. The van der Waals surface area contributed by atoms with Crippen molar-refractivity contribution >= 4 is 48.6 Å². The Morgan fingerprint density at radius 3 is 2.40 bits per heavy atom. The van der Waals surface area contributed by atoms with Gasteiger partial charge in [-0.15, -0.1) is 0 Å². The summed E-state index contributed by atoms with van der Waals surface area (Å²) in [5, 5.41) is 0.809. The molecule has 1 heterocycles. The van der Waals surface area contributed by atoms with Crippen LogP contribution in [0.5, 0.6) is 5.75 Å². The standard InChI is InChI=1S/C25H20Br2O3/c1-2-22-24(25(28)17-12-18(26)14-19(27)13-17)21-9-8-20(15-23(21)30-22)29-11-10-16-6-4-3-5-7-16/h3-9,12-15H,2,10-11H2,1H3. The summed E-state index contributed by atoms with van der Waals surface area (Å²) in [7, 11) is 0. The van der Waals surface area contributed by atoms with Crippen LogP contribution in [-0.2, 0) is 12.8 Å². The third-order valence-electron chi connectivity index (χ3n) is 4.91. The van der Waals surface area contributed by atoms with Crippen molar-refractivity contribution in [2.24, 2.45) is 0 Å². The molecule has 0 bridgehead atoms. The Labute approximate surface area is 192 Å². The van der Waals surface area contributed by atoms with E-state index in [0.717, 1.165) is 26.5 Å². The monoisotopic (exact) mass is 526 g/mol. The van der Waals surface area contributed by atoms with Crippen LogP contribution in [-0.4, -0.2) is 12.4 Å². The van der Waals surface area contributed by atoms with E-state index in [1.165, 1.54) is 5.56 Å². The average molecular weight is 528 g/mol. The molecule has 1 aromatic heterocycles. The van der Waals surface area contributed by atoms with Crippen molar-refractivity contribution in [2.45, 2.75) is 19.8 Å². The van der Waals surface area contributed by atoms with Gasteiger partial charge in [-0.25, -0.2) is 0 Å². The maximum atomic E-state index is 13.3. The first-order chi connectivity index (χ1) is 14.5. The minimum absolute atomic E-state index is 0.0506. The van der Waals surface area contributed by atoms with E-state index in [9.17, 15) is 4.79 Å². The smallest absolute Gasteiger partial charge is 0.197 e. The van der Waals surface area contributed by atoms with E-state index in [2.05, 4.69) is 44.0 Å². The zero-order valence-electron chi connectivity index (χ0n) is 16.5. The summed E-state index contributed by atoms with van der Waals surface area (Å²) in [6.07, 6.45) is 1.47. The first kappa shape index (κ1) is 20.9. The van der Waals surface area contributed by atoms with E-state index in [1.54, 1.807) is 0 Å². The van der Waals surface area contributed by atoms with Crippen LogP contribution in [0.3, 0.4) is 0 Å². The molecule has 5 heteroatoms. The molecule has 0 atom stereocenters. The lowest BCUT2D eigenvalue weighted by atomic mass is 9.99. The van der Waals surface area contributed by atoms with Crippen LogP contribution in [0.15, 0.2) is 80.1 Å². The number of ether oxygens (including phenoxy) is 1. The maximum absolute atomic E-state index is 13.3. The van der Waals surface area contributed by atoms with Crippen LogP contribution >= 0.6 is 31.9 Å². The van der Waals surface area contributed by atoms with Crippen LogP contribution < -0.4 is 4.74 Å². The van der Waals surface area contributed by atoms with E-state index in [1.807, 2.05) is 61.5 Å². The Morgan fingerprint density at radius 2 is 1.70 bits per heavy atom. The van der Waals surface area contributed by atoms with Gasteiger partial charge in [-0.2, -0.15) is 0 Å². The molecule has 0 aliphatic rings. The van der Waals surface area contributed by atoms with E-state index in [0.29, 0.717) is 35.5 Å². The first-order valence-electron chi connectivity index (χ1n) is 9.78. The van der Waals surface area contributed by atoms with Gasteiger partial charge in [0.2, 0.25) is 0 Å². The maximum Gasteiger partial charge on any atom is 0.197 e. The van der Waals surface area contributed by atoms with Crippen molar-refractivity contribution in [2.75, 3.05) is 6.61 Å². The minimum Gasteiger partial charge on any atom is -0.493 e. The molecule has 0 spiro atoms. The van der Waals surface area contributed by atoms with Crippen molar-refractivity contribution in [3.63, 3.8) is 0 Å². The van der Waals surface area contributed by atoms with Crippen LogP contribution in [0, 0.1) is 0 Å². The number of carbonyl (C=O) groups is 1. The number of hydrogen-bond donors (Lipinski definition) is 0. The molecule has 0 fully saturated rings. The molecule has 0 aliphatic carbocycles. The van der Waals surface area contributed by atoms with E-state index in [-0.39, 0.29) is 5.78 Å². The Morgan fingerprint density at radius 1 is 0.967 bits per heavy atom. The summed E-state index contributed by atoms with van der Waals surface area (Å²) in [5.74, 6) is 1.37. The highest BCUT2D eigenvalue weighted by molar-refractivity contribution is 9.11. The van der Waals surface area contributed by atoms with Gasteiger partial charge in [0.1, 0.15) is 17.1 Å². The van der Waals surface area contributed by atoms with Crippen molar-refractivity contribution in [1.29, 1.82) is 0 Å². The van der Waals surface area contributed by atoms with Crippen molar-refractivity contribution in [3.8, 4) is 5.75 Å². The Balaban J connectivity index is 1.60. The SMILES string of the molecule is CCc1oc2cc(OCCc3ccccc3)ccc2c1C(=O)c1cc(Br)cc(Br)c1. The molecular weight excluding hydrogens is 508 g/mol. The quantitative estimate of drug-likeness (QED) is 0.235. The van der Waals surface area contributed by atoms with E-state index in [4.69, 9.17) is 9.15 Å². The second-order valence-corrected chi connectivity index (χ2v) is 8.81. The van der Waals surface area contributed by atoms with Crippen LogP contribution in [0.2, 0.25) is 0 Å². The number of benzene rings is 3. The Hall–Kier alpha value is -2.37. The fourth-order valence-electron chi connectivity index (χ4n) is 3.48. The van der Waals surface area contributed by atoms with Gasteiger partial charge in [-0.05, 0) is 35.9 Å². The normalized spacial score (nSPS) is 11.0. The first-order valence-corrected chi connectivity index (χ1v) is 11.4. The molecule has 3 nitrogen and oxygen atoms in total. The van der Waals surface area contributed by atoms with E-state index < -0.39 is 0 Å². The average Bonchev–Trinajstić information content (AvgIpc) is 3.11. The fraction of sp³-hybridized carbons (Fsp3) is 0.160. The van der Waals surface area contributed by atoms with Crippen molar-refractivity contribution < 1.29 is 13.9 Å². The van der Waals surface area contributed by atoms with Gasteiger partial charge < -0.3 is 9.15 Å². The number of ketones is 1. The molecule has 4 rings (SSSR count). The number of fused-ring (bicyclic) bond motifs is 1. The predicted molar refractivity (Wildman–Crippen MR) is 127 cm³/mol. The Kier molecular flexibility index (Phi) is 6.40. The molecule has 0 unspecified atom stereocenters. The highest BCUT2D eigenvalue weighted by Gasteiger charge is 2.22. The van der Waals surface area contributed by atoms with Crippen LogP contribution in [0.25, 0.3) is 11.0 Å². The number of hydrogen-bond acceptors (Lipinski definition) is 3. The Bertz CT molecular complexity index is 1180. The van der Waals surface area contributed by atoms with Crippen molar-refractivity contribution in [1.82, 2.24) is 0 Å². The molecule has 0 N–H and O–H groups in total. The second-order valence-electron chi connectivity index (χ2n) is 6.98. The number of carbonyl (C=O) groups excluding carboxylic acids is 1. The zero-order valence-corrected chi connectivity index (χ0v) is 19.6. The number of rotatable bonds is 7. The molecule has 0 saturated heterocycles. The summed E-state index contributed by atoms with van der Waals surface area (Å²) in [5.41, 5.74) is 3.13. The molecule has 152 valence electrons. The highest BCUT2D eigenvalue weighted by Crippen LogP contribution is 2.32. The van der Waals surface area contributed by atoms with Gasteiger partial charge in [0.15, 0.2) is 5.78 Å². The minimum atomic E-state index is -0.0506. The molecule has 4 aromatic rings. The third-order valence-corrected chi connectivity index (χ3v) is 5.83. The lowest BCUT2D eigenvalue weighted by Gasteiger charge is -2.06. The molecule has 30 heavy (non-hydrogen) atoms. The fourth-order valence-corrected chi connectivity index (χ4v) is 4.77. The predicted octanol–water partition coefficient (Wildman–Crippen LogP) is 7.37. The van der Waals surface area contributed by atoms with Gasteiger partial charge in [-0.1, -0.05) is 69.1 Å². The zero-order chi connectivity index (χ0) is 21.1. The van der Waals surface area contributed by atoms with Gasteiger partial charge >= 0.3 is 0 Å². The molecule has 0 radical (unpaired) electrons. The highest BCUT2D eigenvalue weighted by atomic mass is 79.9. The number of halogens is 2. The van der Waals surface area contributed by atoms with E-state index >= 15 is 0 Å². The van der Waals surface area contributed by atoms with Gasteiger partial charge in [0.25, 0.3) is 0 Å². The van der Waals surface area contributed by atoms with Gasteiger partial charge in [-0.3, -0.25) is 4.79 Å². The van der Waals surface area contributed by atoms with Gasteiger partial charge in [0.05, 0.1) is 12.2 Å². The molecule has 0 saturated carbocycles. The lowest BCUT2D eigenvalue weighted by Crippen LogP contribution is -2.04. The van der Waals surface area contributed by atoms with Crippen LogP contribution in [0.1, 0.15) is 34.2 Å². The largest absolute Gasteiger partial charge is 0.493 e.